The van der Waals surface area contributed by atoms with Gasteiger partial charge < -0.3 is 0 Å². The van der Waals surface area contributed by atoms with Gasteiger partial charge in [0.1, 0.15) is 5.69 Å². The average Bonchev–Trinajstić information content (AvgIpc) is 3.23. The van der Waals surface area contributed by atoms with E-state index in [1.807, 2.05) is 28.7 Å². The summed E-state index contributed by atoms with van der Waals surface area (Å²) in [6.07, 6.45) is 8.10. The van der Waals surface area contributed by atoms with Crippen molar-refractivity contribution in [1.29, 1.82) is 0 Å². The molecule has 0 amide bonds. The molecule has 6 heteroatoms. The van der Waals surface area contributed by atoms with Crippen LogP contribution < -0.4 is 0 Å². The van der Waals surface area contributed by atoms with Gasteiger partial charge in [0, 0.05) is 25.4 Å². The van der Waals surface area contributed by atoms with Gasteiger partial charge in [0.2, 0.25) is 0 Å². The van der Waals surface area contributed by atoms with E-state index in [0.717, 1.165) is 47.1 Å². The summed E-state index contributed by atoms with van der Waals surface area (Å²) in [6.45, 7) is 4.22. The second-order valence-electron chi connectivity index (χ2n) is 6.54. The van der Waals surface area contributed by atoms with E-state index in [0.29, 0.717) is 5.92 Å². The zero-order chi connectivity index (χ0) is 16.7. The zero-order valence-corrected chi connectivity index (χ0v) is 14.4. The molecule has 0 radical (unpaired) electrons. The molecule has 3 heterocycles. The number of hydrogen-bond donors (Lipinski definition) is 0. The Morgan fingerprint density at radius 3 is 2.79 bits per heavy atom. The van der Waals surface area contributed by atoms with Crippen molar-refractivity contribution in [3.8, 4) is 17.2 Å². The highest BCUT2D eigenvalue weighted by atomic mass is 15.4. The Bertz CT molecular complexity index is 872. The predicted molar refractivity (Wildman–Crippen MR) is 92.1 cm³/mol. The number of pyridine rings is 1. The van der Waals surface area contributed by atoms with Crippen LogP contribution in [0.2, 0.25) is 0 Å². The first kappa shape index (κ1) is 15.1. The van der Waals surface area contributed by atoms with E-state index in [-0.39, 0.29) is 0 Å². The molecule has 1 aliphatic rings. The minimum atomic E-state index is 0.510. The minimum Gasteiger partial charge on any atom is -0.264 e. The van der Waals surface area contributed by atoms with Crippen molar-refractivity contribution in [3.63, 3.8) is 0 Å². The lowest BCUT2D eigenvalue weighted by molar-refractivity contribution is 0.731. The van der Waals surface area contributed by atoms with Crippen molar-refractivity contribution < 1.29 is 0 Å². The molecule has 0 N–H and O–H groups in total. The molecule has 1 fully saturated rings. The lowest BCUT2D eigenvalue weighted by atomic mass is 10.2. The van der Waals surface area contributed by atoms with Crippen LogP contribution in [-0.2, 0) is 13.5 Å². The Morgan fingerprint density at radius 2 is 2.08 bits per heavy atom. The van der Waals surface area contributed by atoms with Gasteiger partial charge in [-0.05, 0) is 43.9 Å². The molecular formula is C18H22N6. The van der Waals surface area contributed by atoms with Crippen molar-refractivity contribution >= 4 is 0 Å². The summed E-state index contributed by atoms with van der Waals surface area (Å²) >= 11 is 0. The van der Waals surface area contributed by atoms with Gasteiger partial charge in [-0.1, -0.05) is 13.3 Å². The summed E-state index contributed by atoms with van der Waals surface area (Å²) in [4.78, 5) is 9.06. The highest BCUT2D eigenvalue weighted by molar-refractivity contribution is 5.56. The standard InChI is InChI=1S/C18H22N6/c1-4-5-14-10-16(23(3)21-14)18-20-17(13-6-7-13)22-24(18)15-8-9-19-11-12(15)2/h8-11,13H,4-7H2,1-3H3. The minimum absolute atomic E-state index is 0.510. The smallest absolute Gasteiger partial charge is 0.181 e. The molecule has 6 nitrogen and oxygen atoms in total. The lowest BCUT2D eigenvalue weighted by Crippen LogP contribution is -2.05. The Hall–Kier alpha value is -2.50. The number of aryl methyl sites for hydroxylation is 3. The number of hydrogen-bond acceptors (Lipinski definition) is 4. The Morgan fingerprint density at radius 1 is 1.25 bits per heavy atom. The summed E-state index contributed by atoms with van der Waals surface area (Å²) in [6, 6.07) is 4.13. The molecule has 0 saturated heterocycles. The second kappa shape index (κ2) is 5.85. The summed E-state index contributed by atoms with van der Waals surface area (Å²) in [5.74, 6) is 2.32. The SMILES string of the molecule is CCCc1cc(-c2nc(C3CC3)nn2-c2ccncc2C)n(C)n1. The normalized spacial score (nSPS) is 14.3. The van der Waals surface area contributed by atoms with E-state index >= 15 is 0 Å². The fourth-order valence-corrected chi connectivity index (χ4v) is 2.99. The monoisotopic (exact) mass is 322 g/mol. The fourth-order valence-electron chi connectivity index (χ4n) is 2.99. The van der Waals surface area contributed by atoms with Gasteiger partial charge in [0.15, 0.2) is 11.6 Å². The van der Waals surface area contributed by atoms with Gasteiger partial charge in [-0.25, -0.2) is 9.67 Å². The summed E-state index contributed by atoms with van der Waals surface area (Å²) < 4.78 is 3.87. The van der Waals surface area contributed by atoms with Crippen LogP contribution in [0.15, 0.2) is 24.5 Å². The Kier molecular flexibility index (Phi) is 3.67. The molecule has 0 unspecified atom stereocenters. The highest BCUT2D eigenvalue weighted by Crippen LogP contribution is 2.39. The van der Waals surface area contributed by atoms with E-state index < -0.39 is 0 Å². The van der Waals surface area contributed by atoms with E-state index in [9.17, 15) is 0 Å². The number of nitrogens with zero attached hydrogens (tertiary/aromatic N) is 6. The van der Waals surface area contributed by atoms with Crippen molar-refractivity contribution in [3.05, 3.63) is 41.6 Å². The first-order chi connectivity index (χ1) is 11.7. The summed E-state index contributed by atoms with van der Waals surface area (Å²) in [5, 5.41) is 9.44. The van der Waals surface area contributed by atoms with Crippen LogP contribution in [0.25, 0.3) is 17.2 Å². The van der Waals surface area contributed by atoms with E-state index in [1.54, 1.807) is 6.20 Å². The fraction of sp³-hybridized carbons (Fsp3) is 0.444. The lowest BCUT2D eigenvalue weighted by Gasteiger charge is -2.08. The predicted octanol–water partition coefficient (Wildman–Crippen LogP) is 3.20. The third-order valence-corrected chi connectivity index (χ3v) is 4.45. The topological polar surface area (TPSA) is 61.4 Å². The maximum Gasteiger partial charge on any atom is 0.181 e. The maximum absolute atomic E-state index is 4.86. The molecule has 24 heavy (non-hydrogen) atoms. The van der Waals surface area contributed by atoms with Crippen molar-refractivity contribution in [2.24, 2.45) is 7.05 Å². The van der Waals surface area contributed by atoms with Gasteiger partial charge in [0.05, 0.1) is 11.4 Å². The maximum atomic E-state index is 4.86. The van der Waals surface area contributed by atoms with Crippen LogP contribution in [0.4, 0.5) is 0 Å². The summed E-state index contributed by atoms with van der Waals surface area (Å²) in [7, 11) is 1.98. The third-order valence-electron chi connectivity index (χ3n) is 4.45. The number of aromatic nitrogens is 6. The molecule has 0 bridgehead atoms. The third kappa shape index (κ3) is 2.62. The van der Waals surface area contributed by atoms with Crippen molar-refractivity contribution in [2.45, 2.75) is 45.4 Å². The molecule has 0 atom stereocenters. The highest BCUT2D eigenvalue weighted by Gasteiger charge is 2.30. The van der Waals surface area contributed by atoms with Crippen LogP contribution in [0, 0.1) is 6.92 Å². The molecule has 3 aromatic heterocycles. The zero-order valence-electron chi connectivity index (χ0n) is 14.4. The molecule has 4 rings (SSSR count). The largest absolute Gasteiger partial charge is 0.264 e. The molecule has 3 aromatic rings. The first-order valence-corrected chi connectivity index (χ1v) is 8.58. The van der Waals surface area contributed by atoms with Gasteiger partial charge in [-0.2, -0.15) is 10.2 Å². The molecule has 1 saturated carbocycles. The summed E-state index contributed by atoms with van der Waals surface area (Å²) in [5.41, 5.74) is 4.22. The molecule has 1 aliphatic carbocycles. The first-order valence-electron chi connectivity index (χ1n) is 8.58. The molecular weight excluding hydrogens is 300 g/mol. The molecule has 124 valence electrons. The molecule has 0 aromatic carbocycles. The molecule has 0 spiro atoms. The van der Waals surface area contributed by atoms with Gasteiger partial charge in [-0.3, -0.25) is 9.67 Å². The van der Waals surface area contributed by atoms with Gasteiger partial charge >= 0.3 is 0 Å². The van der Waals surface area contributed by atoms with Crippen LogP contribution >= 0.6 is 0 Å². The second-order valence-corrected chi connectivity index (χ2v) is 6.54. The average molecular weight is 322 g/mol. The quantitative estimate of drug-likeness (QED) is 0.724. The van der Waals surface area contributed by atoms with Crippen molar-refractivity contribution in [1.82, 2.24) is 29.5 Å². The molecule has 0 aliphatic heterocycles. The van der Waals surface area contributed by atoms with Gasteiger partial charge in [-0.15, -0.1) is 0 Å². The Balaban J connectivity index is 1.87. The van der Waals surface area contributed by atoms with E-state index in [4.69, 9.17) is 10.1 Å². The van der Waals surface area contributed by atoms with Crippen LogP contribution in [0.3, 0.4) is 0 Å². The van der Waals surface area contributed by atoms with E-state index in [2.05, 4.69) is 30.0 Å². The van der Waals surface area contributed by atoms with Crippen LogP contribution in [0.5, 0.6) is 0 Å². The van der Waals surface area contributed by atoms with E-state index in [1.165, 1.54) is 12.8 Å². The van der Waals surface area contributed by atoms with Crippen molar-refractivity contribution in [2.75, 3.05) is 0 Å². The van der Waals surface area contributed by atoms with Crippen LogP contribution in [0.1, 0.15) is 49.2 Å². The Labute approximate surface area is 141 Å². The van der Waals surface area contributed by atoms with Gasteiger partial charge in [0.25, 0.3) is 0 Å². The van der Waals surface area contributed by atoms with Crippen LogP contribution in [-0.4, -0.2) is 29.5 Å². The number of rotatable bonds is 5.